The first-order chi connectivity index (χ1) is 10.1. The van der Waals surface area contributed by atoms with E-state index in [9.17, 15) is 5.11 Å². The van der Waals surface area contributed by atoms with E-state index >= 15 is 0 Å². The Kier molecular flexibility index (Phi) is 4.48. The van der Waals surface area contributed by atoms with Crippen LogP contribution in [0.4, 0.5) is 11.6 Å². The van der Waals surface area contributed by atoms with Gasteiger partial charge in [-0.05, 0) is 31.2 Å². The van der Waals surface area contributed by atoms with Crippen LogP contribution in [0.5, 0.6) is 0 Å². The Balaban J connectivity index is 1.82. The maximum atomic E-state index is 10.0. The van der Waals surface area contributed by atoms with Gasteiger partial charge in [0.25, 0.3) is 0 Å². The summed E-state index contributed by atoms with van der Waals surface area (Å²) in [7, 11) is 0. The second kappa shape index (κ2) is 6.19. The molecule has 0 aromatic carbocycles. The van der Waals surface area contributed by atoms with Gasteiger partial charge in [0.2, 0.25) is 0 Å². The van der Waals surface area contributed by atoms with Crippen LogP contribution in [0.2, 0.25) is 10.0 Å². The quantitative estimate of drug-likeness (QED) is 0.888. The first-order valence-electron chi connectivity index (χ1n) is 7.63. The van der Waals surface area contributed by atoms with Crippen LogP contribution in [0.1, 0.15) is 26.2 Å². The molecule has 1 aliphatic carbocycles. The molecule has 21 heavy (non-hydrogen) atoms. The van der Waals surface area contributed by atoms with Crippen LogP contribution in [0.3, 0.4) is 0 Å². The van der Waals surface area contributed by atoms with Crippen LogP contribution in [-0.4, -0.2) is 35.8 Å². The molecule has 1 aliphatic heterocycles. The third kappa shape index (κ3) is 2.94. The fraction of sp³-hybridized carbons (Fsp3) is 0.667. The Morgan fingerprint density at radius 2 is 2.14 bits per heavy atom. The molecule has 1 aromatic rings. The van der Waals surface area contributed by atoms with Crippen LogP contribution in [0.25, 0.3) is 0 Å². The molecule has 3 rings (SSSR count). The summed E-state index contributed by atoms with van der Waals surface area (Å²) in [6.07, 6.45) is 2.85. The van der Waals surface area contributed by atoms with E-state index in [4.69, 9.17) is 23.2 Å². The van der Waals surface area contributed by atoms with Crippen molar-refractivity contribution in [1.29, 1.82) is 0 Å². The van der Waals surface area contributed by atoms with Crippen molar-refractivity contribution in [2.24, 2.45) is 11.8 Å². The number of hydrogen-bond acceptors (Lipinski definition) is 4. The molecule has 3 atom stereocenters. The van der Waals surface area contributed by atoms with Crippen molar-refractivity contribution in [3.8, 4) is 0 Å². The van der Waals surface area contributed by atoms with E-state index in [1.54, 1.807) is 6.07 Å². The number of fused-ring (bicyclic) bond motifs is 1. The second-order valence-corrected chi connectivity index (χ2v) is 6.84. The van der Waals surface area contributed by atoms with Gasteiger partial charge in [-0.25, -0.2) is 4.98 Å². The van der Waals surface area contributed by atoms with E-state index < -0.39 is 0 Å². The molecular formula is C15H21Cl2N3O. The summed E-state index contributed by atoms with van der Waals surface area (Å²) < 4.78 is 0. The SMILES string of the molecule is CCCNc1nc(N2CC3CCC(O)C3C2)c(Cl)cc1Cl. The van der Waals surface area contributed by atoms with Gasteiger partial charge in [0.1, 0.15) is 11.6 Å². The highest BCUT2D eigenvalue weighted by Crippen LogP contribution is 2.41. The molecule has 0 bridgehead atoms. The van der Waals surface area contributed by atoms with Crippen LogP contribution in [0, 0.1) is 11.8 Å². The summed E-state index contributed by atoms with van der Waals surface area (Å²) in [6.45, 7) is 4.68. The Morgan fingerprint density at radius 3 is 2.86 bits per heavy atom. The van der Waals surface area contributed by atoms with Gasteiger partial charge in [0.05, 0.1) is 16.1 Å². The van der Waals surface area contributed by atoms with E-state index in [2.05, 4.69) is 22.1 Å². The van der Waals surface area contributed by atoms with Crippen molar-refractivity contribution in [3.05, 3.63) is 16.1 Å². The average molecular weight is 330 g/mol. The summed E-state index contributed by atoms with van der Waals surface area (Å²) in [6, 6.07) is 1.76. The third-order valence-corrected chi connectivity index (χ3v) is 5.14. The predicted molar refractivity (Wildman–Crippen MR) is 87.5 cm³/mol. The van der Waals surface area contributed by atoms with Gasteiger partial charge in [-0.15, -0.1) is 0 Å². The lowest BCUT2D eigenvalue weighted by Gasteiger charge is -2.22. The van der Waals surface area contributed by atoms with Crippen LogP contribution in [0.15, 0.2) is 6.07 Å². The predicted octanol–water partition coefficient (Wildman–Crippen LogP) is 3.42. The summed E-state index contributed by atoms with van der Waals surface area (Å²) in [4.78, 5) is 6.80. The van der Waals surface area contributed by atoms with Gasteiger partial charge in [-0.2, -0.15) is 0 Å². The molecule has 4 nitrogen and oxygen atoms in total. The van der Waals surface area contributed by atoms with Crippen LogP contribution in [-0.2, 0) is 0 Å². The number of aliphatic hydroxyl groups excluding tert-OH is 1. The minimum absolute atomic E-state index is 0.177. The highest BCUT2D eigenvalue weighted by atomic mass is 35.5. The zero-order chi connectivity index (χ0) is 15.0. The number of nitrogens with zero attached hydrogens (tertiary/aromatic N) is 2. The minimum atomic E-state index is -0.177. The molecule has 0 radical (unpaired) electrons. The van der Waals surface area contributed by atoms with E-state index in [1.807, 2.05) is 0 Å². The van der Waals surface area contributed by atoms with Crippen molar-refractivity contribution in [2.45, 2.75) is 32.3 Å². The lowest BCUT2D eigenvalue weighted by atomic mass is 10.00. The fourth-order valence-electron chi connectivity index (χ4n) is 3.46. The number of halogens is 2. The summed E-state index contributed by atoms with van der Waals surface area (Å²) in [5, 5.41) is 14.4. The summed E-state index contributed by atoms with van der Waals surface area (Å²) >= 11 is 12.5. The smallest absolute Gasteiger partial charge is 0.149 e. The van der Waals surface area contributed by atoms with Crippen LogP contribution >= 0.6 is 23.2 Å². The molecule has 116 valence electrons. The fourth-order valence-corrected chi connectivity index (χ4v) is 4.00. The molecule has 0 spiro atoms. The Bertz CT molecular complexity index is 526. The number of pyridine rings is 1. The highest BCUT2D eigenvalue weighted by molar-refractivity contribution is 6.37. The standard InChI is InChI=1S/C15H21Cl2N3O/c1-2-5-18-14-11(16)6-12(17)15(19-14)20-7-9-3-4-13(21)10(9)8-20/h6,9-10,13,21H,2-5,7-8H2,1H3,(H,18,19). The lowest BCUT2D eigenvalue weighted by molar-refractivity contribution is 0.133. The Hall–Kier alpha value is -0.710. The van der Waals surface area contributed by atoms with Crippen molar-refractivity contribution < 1.29 is 5.11 Å². The molecule has 2 N–H and O–H groups in total. The Morgan fingerprint density at radius 1 is 1.33 bits per heavy atom. The molecule has 1 saturated carbocycles. The van der Waals surface area contributed by atoms with Crippen molar-refractivity contribution in [1.82, 2.24) is 4.98 Å². The normalized spacial score (nSPS) is 28.0. The molecule has 3 unspecified atom stereocenters. The van der Waals surface area contributed by atoms with Gasteiger partial charge in [0.15, 0.2) is 0 Å². The van der Waals surface area contributed by atoms with Gasteiger partial charge in [0, 0.05) is 25.6 Å². The van der Waals surface area contributed by atoms with E-state index in [0.29, 0.717) is 27.7 Å². The highest BCUT2D eigenvalue weighted by Gasteiger charge is 2.42. The maximum Gasteiger partial charge on any atom is 0.149 e. The van der Waals surface area contributed by atoms with Crippen molar-refractivity contribution in [3.63, 3.8) is 0 Å². The summed E-state index contributed by atoms with van der Waals surface area (Å²) in [5.41, 5.74) is 0. The largest absolute Gasteiger partial charge is 0.393 e. The first kappa shape index (κ1) is 15.2. The van der Waals surface area contributed by atoms with E-state index in [1.165, 1.54) is 0 Å². The molecule has 2 heterocycles. The number of hydrogen-bond donors (Lipinski definition) is 2. The second-order valence-electron chi connectivity index (χ2n) is 6.02. The molecular weight excluding hydrogens is 309 g/mol. The van der Waals surface area contributed by atoms with Crippen LogP contribution < -0.4 is 10.2 Å². The van der Waals surface area contributed by atoms with Crippen molar-refractivity contribution >= 4 is 34.8 Å². The summed E-state index contributed by atoms with van der Waals surface area (Å²) in [5.74, 6) is 2.38. The van der Waals surface area contributed by atoms with E-state index in [-0.39, 0.29) is 6.10 Å². The van der Waals surface area contributed by atoms with Gasteiger partial charge < -0.3 is 15.3 Å². The zero-order valence-electron chi connectivity index (χ0n) is 12.1. The molecule has 1 saturated heterocycles. The molecule has 2 fully saturated rings. The van der Waals surface area contributed by atoms with Gasteiger partial charge in [-0.1, -0.05) is 30.1 Å². The average Bonchev–Trinajstić information content (AvgIpc) is 3.01. The first-order valence-corrected chi connectivity index (χ1v) is 8.38. The molecule has 0 amide bonds. The molecule has 1 aromatic heterocycles. The number of aliphatic hydroxyl groups is 1. The third-order valence-electron chi connectivity index (χ3n) is 4.57. The molecule has 6 heteroatoms. The van der Waals surface area contributed by atoms with Crippen molar-refractivity contribution in [2.75, 3.05) is 29.9 Å². The van der Waals surface area contributed by atoms with Gasteiger partial charge in [-0.3, -0.25) is 0 Å². The number of anilines is 2. The number of aromatic nitrogens is 1. The topological polar surface area (TPSA) is 48.4 Å². The molecule has 2 aliphatic rings. The Labute approximate surface area is 135 Å². The zero-order valence-corrected chi connectivity index (χ0v) is 13.7. The van der Waals surface area contributed by atoms with E-state index in [0.717, 1.165) is 44.7 Å². The maximum absolute atomic E-state index is 10.0. The van der Waals surface area contributed by atoms with Gasteiger partial charge >= 0.3 is 0 Å². The minimum Gasteiger partial charge on any atom is -0.393 e. The number of nitrogens with one attached hydrogen (secondary N) is 1. The number of rotatable bonds is 4. The lowest BCUT2D eigenvalue weighted by Crippen LogP contribution is -2.25. The monoisotopic (exact) mass is 329 g/mol.